The van der Waals surface area contributed by atoms with E-state index in [1.54, 1.807) is 0 Å². The molecule has 1 saturated carbocycles. The van der Waals surface area contributed by atoms with E-state index in [4.69, 9.17) is 0 Å². The molecule has 0 aromatic carbocycles. The Labute approximate surface area is 144 Å². The van der Waals surface area contributed by atoms with Gasteiger partial charge in [0.2, 0.25) is 0 Å². The molecular formula is C20H40NO2+. The largest absolute Gasteiger partial charge is 0.477 e. The lowest BCUT2D eigenvalue weighted by molar-refractivity contribution is -0.921. The number of aliphatic carboxylic acids is 1. The van der Waals surface area contributed by atoms with E-state index in [1.807, 2.05) is 6.92 Å². The Morgan fingerprint density at radius 1 is 1.00 bits per heavy atom. The number of quaternary nitrogens is 1. The molecule has 0 spiro atoms. The van der Waals surface area contributed by atoms with Crippen molar-refractivity contribution >= 4 is 5.97 Å². The third-order valence-electron chi connectivity index (χ3n) is 6.61. The van der Waals surface area contributed by atoms with Gasteiger partial charge in [-0.3, -0.25) is 0 Å². The fourth-order valence-corrected chi connectivity index (χ4v) is 4.68. The van der Waals surface area contributed by atoms with Crippen molar-refractivity contribution in [2.75, 3.05) is 21.1 Å². The fourth-order valence-electron chi connectivity index (χ4n) is 4.68. The summed E-state index contributed by atoms with van der Waals surface area (Å²) in [7, 11) is 6.18. The summed E-state index contributed by atoms with van der Waals surface area (Å²) in [5, 5.41) is 10.1. The molecule has 0 aromatic heterocycles. The zero-order valence-electron chi connectivity index (χ0n) is 16.3. The summed E-state index contributed by atoms with van der Waals surface area (Å²) >= 11 is 0. The maximum absolute atomic E-state index is 12.3. The molecule has 0 aromatic rings. The Balaban J connectivity index is 2.86. The molecule has 0 amide bonds. The Morgan fingerprint density at radius 3 is 2.00 bits per heavy atom. The van der Waals surface area contributed by atoms with Gasteiger partial charge in [-0.15, -0.1) is 0 Å². The number of nitrogens with zero attached hydrogens (tertiary/aromatic N) is 1. The van der Waals surface area contributed by atoms with E-state index >= 15 is 0 Å². The summed E-state index contributed by atoms with van der Waals surface area (Å²) in [4.78, 5) is 12.3. The van der Waals surface area contributed by atoms with Crippen molar-refractivity contribution in [3.05, 3.63) is 0 Å². The molecule has 1 rings (SSSR count). The summed E-state index contributed by atoms with van der Waals surface area (Å²) < 4.78 is 0.512. The molecule has 1 aliphatic rings. The van der Waals surface area contributed by atoms with E-state index in [0.717, 1.165) is 19.3 Å². The van der Waals surface area contributed by atoms with Gasteiger partial charge in [-0.2, -0.15) is 0 Å². The highest BCUT2D eigenvalue weighted by Gasteiger charge is 2.61. The molecule has 136 valence electrons. The summed E-state index contributed by atoms with van der Waals surface area (Å²) in [5.74, 6) is -0.613. The molecule has 1 atom stereocenters. The molecule has 3 nitrogen and oxygen atoms in total. The summed E-state index contributed by atoms with van der Waals surface area (Å²) in [6, 6.07) is 0. The predicted octanol–water partition coefficient (Wildman–Crippen LogP) is 5.24. The van der Waals surface area contributed by atoms with Crippen LogP contribution in [0.25, 0.3) is 0 Å². The first kappa shape index (κ1) is 20.5. The number of carboxylic acids is 1. The lowest BCUT2D eigenvalue weighted by Gasteiger charge is -2.54. The Hall–Kier alpha value is -0.570. The van der Waals surface area contributed by atoms with Crippen molar-refractivity contribution in [2.24, 2.45) is 5.41 Å². The minimum Gasteiger partial charge on any atom is -0.477 e. The first-order chi connectivity index (χ1) is 10.7. The van der Waals surface area contributed by atoms with Crippen molar-refractivity contribution in [1.29, 1.82) is 0 Å². The second-order valence-corrected chi connectivity index (χ2v) is 8.75. The lowest BCUT2D eigenvalue weighted by Crippen LogP contribution is -2.69. The number of hydrogen-bond donors (Lipinski definition) is 1. The third-order valence-corrected chi connectivity index (χ3v) is 6.61. The molecule has 0 heterocycles. The summed E-state index contributed by atoms with van der Waals surface area (Å²) in [6.45, 7) is 4.26. The highest BCUT2D eigenvalue weighted by atomic mass is 16.4. The standard InChI is InChI=1S/C20H39NO2/c1-6-7-8-9-10-12-15-20(16-13-11-14-17-20)19(2,18(22)23)21(3,4)5/h6-17H2,1-5H3/p+1. The second-order valence-electron chi connectivity index (χ2n) is 8.75. The van der Waals surface area contributed by atoms with Crippen LogP contribution in [-0.4, -0.2) is 42.2 Å². The maximum atomic E-state index is 12.3. The smallest absolute Gasteiger partial charge is 0.366 e. The summed E-state index contributed by atoms with van der Waals surface area (Å²) in [5.41, 5.74) is -0.739. The number of hydrogen-bond acceptors (Lipinski definition) is 1. The van der Waals surface area contributed by atoms with Gasteiger partial charge >= 0.3 is 5.97 Å². The Kier molecular flexibility index (Phi) is 7.57. The highest BCUT2D eigenvalue weighted by Crippen LogP contribution is 2.52. The van der Waals surface area contributed by atoms with Crippen molar-refractivity contribution in [3.63, 3.8) is 0 Å². The van der Waals surface area contributed by atoms with Gasteiger partial charge in [0.25, 0.3) is 0 Å². The zero-order chi connectivity index (χ0) is 17.6. The van der Waals surface area contributed by atoms with Gasteiger partial charge in [0.15, 0.2) is 5.54 Å². The number of likely N-dealkylation sites (N-methyl/N-ethyl adjacent to an activating group) is 1. The van der Waals surface area contributed by atoms with Gasteiger partial charge in [-0.05, 0) is 19.3 Å². The van der Waals surface area contributed by atoms with Gasteiger partial charge < -0.3 is 9.59 Å². The number of unbranched alkanes of at least 4 members (excludes halogenated alkanes) is 5. The van der Waals surface area contributed by atoms with Crippen LogP contribution in [0.1, 0.15) is 90.9 Å². The van der Waals surface area contributed by atoms with Gasteiger partial charge in [0.1, 0.15) is 0 Å². The van der Waals surface area contributed by atoms with Crippen LogP contribution in [0.5, 0.6) is 0 Å². The van der Waals surface area contributed by atoms with E-state index in [1.165, 1.54) is 57.8 Å². The summed E-state index contributed by atoms with van der Waals surface area (Å²) in [6.07, 6.45) is 14.6. The molecular weight excluding hydrogens is 286 g/mol. The molecule has 1 N–H and O–H groups in total. The van der Waals surface area contributed by atoms with Crippen LogP contribution >= 0.6 is 0 Å². The van der Waals surface area contributed by atoms with E-state index < -0.39 is 11.5 Å². The van der Waals surface area contributed by atoms with E-state index in [2.05, 4.69) is 28.1 Å². The van der Waals surface area contributed by atoms with Crippen LogP contribution in [0.4, 0.5) is 0 Å². The first-order valence-corrected chi connectivity index (χ1v) is 9.76. The molecule has 1 aliphatic carbocycles. The van der Waals surface area contributed by atoms with Crippen LogP contribution in [-0.2, 0) is 4.79 Å². The number of rotatable bonds is 10. The van der Waals surface area contributed by atoms with E-state index in [0.29, 0.717) is 4.48 Å². The molecule has 0 radical (unpaired) electrons. The molecule has 0 saturated heterocycles. The fraction of sp³-hybridized carbons (Fsp3) is 0.950. The van der Waals surface area contributed by atoms with Gasteiger partial charge in [-0.25, -0.2) is 4.79 Å². The van der Waals surface area contributed by atoms with Gasteiger partial charge in [0.05, 0.1) is 21.1 Å². The zero-order valence-corrected chi connectivity index (χ0v) is 16.3. The van der Waals surface area contributed by atoms with Crippen LogP contribution in [0.15, 0.2) is 0 Å². The molecule has 1 fully saturated rings. The Bertz CT molecular complexity index is 366. The van der Waals surface area contributed by atoms with Crippen LogP contribution in [0, 0.1) is 5.41 Å². The minimum atomic E-state index is -0.698. The molecule has 0 aliphatic heterocycles. The number of carbonyl (C=O) groups is 1. The average Bonchev–Trinajstić information content (AvgIpc) is 2.49. The first-order valence-electron chi connectivity index (χ1n) is 9.76. The van der Waals surface area contributed by atoms with E-state index in [9.17, 15) is 9.90 Å². The second kappa shape index (κ2) is 8.50. The molecule has 23 heavy (non-hydrogen) atoms. The lowest BCUT2D eigenvalue weighted by atomic mass is 9.58. The van der Waals surface area contributed by atoms with Gasteiger partial charge in [0, 0.05) is 12.3 Å². The van der Waals surface area contributed by atoms with Gasteiger partial charge in [-0.1, -0.05) is 64.7 Å². The number of carboxylic acid groups (broad SMARTS) is 1. The van der Waals surface area contributed by atoms with Crippen molar-refractivity contribution in [3.8, 4) is 0 Å². The molecule has 1 unspecified atom stereocenters. The maximum Gasteiger partial charge on any atom is 0.366 e. The topological polar surface area (TPSA) is 37.3 Å². The SMILES string of the molecule is CCCCCCCCC1(C(C)(C(=O)O)[N+](C)(C)C)CCCCC1. The quantitative estimate of drug-likeness (QED) is 0.440. The minimum absolute atomic E-state index is 0.0416. The highest BCUT2D eigenvalue weighted by molar-refractivity contribution is 5.78. The van der Waals surface area contributed by atoms with E-state index in [-0.39, 0.29) is 5.41 Å². The predicted molar refractivity (Wildman–Crippen MR) is 97.6 cm³/mol. The van der Waals surface area contributed by atoms with Crippen molar-refractivity contribution in [1.82, 2.24) is 0 Å². The normalized spacial score (nSPS) is 20.9. The molecule has 0 bridgehead atoms. The van der Waals surface area contributed by atoms with Crippen molar-refractivity contribution in [2.45, 2.75) is 96.4 Å². The van der Waals surface area contributed by atoms with Crippen LogP contribution < -0.4 is 0 Å². The average molecular weight is 327 g/mol. The Morgan fingerprint density at radius 2 is 1.52 bits per heavy atom. The molecule has 3 heteroatoms. The van der Waals surface area contributed by atoms with Crippen molar-refractivity contribution < 1.29 is 14.4 Å². The monoisotopic (exact) mass is 326 g/mol. The van der Waals surface area contributed by atoms with Crippen LogP contribution in [0.3, 0.4) is 0 Å². The van der Waals surface area contributed by atoms with Crippen LogP contribution in [0.2, 0.25) is 0 Å². The third kappa shape index (κ3) is 4.49.